The largest absolute Gasteiger partial charge is 0.338 e. The van der Waals surface area contributed by atoms with Crippen molar-refractivity contribution in [3.63, 3.8) is 0 Å². The summed E-state index contributed by atoms with van der Waals surface area (Å²) in [6.07, 6.45) is 4.61. The second kappa shape index (κ2) is 8.28. The number of imidazole rings is 1. The van der Waals surface area contributed by atoms with Gasteiger partial charge in [0.05, 0.1) is 23.6 Å². The molecule has 0 aliphatic carbocycles. The number of sulfone groups is 1. The van der Waals surface area contributed by atoms with Gasteiger partial charge in [0, 0.05) is 35.4 Å². The van der Waals surface area contributed by atoms with Crippen molar-refractivity contribution in [2.24, 2.45) is 0 Å². The Morgan fingerprint density at radius 3 is 2.79 bits per heavy atom. The lowest BCUT2D eigenvalue weighted by molar-refractivity contribution is -0.132. The number of amides is 1. The van der Waals surface area contributed by atoms with Crippen LogP contribution in [-0.2, 0) is 21.1 Å². The van der Waals surface area contributed by atoms with Crippen LogP contribution in [0.15, 0.2) is 41.9 Å². The molecule has 1 saturated heterocycles. The van der Waals surface area contributed by atoms with Crippen molar-refractivity contribution in [3.05, 3.63) is 47.6 Å². The molecule has 4 rings (SSSR count). The van der Waals surface area contributed by atoms with Gasteiger partial charge in [-0.15, -0.1) is 11.3 Å². The van der Waals surface area contributed by atoms with Crippen molar-refractivity contribution in [1.82, 2.24) is 14.3 Å². The first-order valence-electron chi connectivity index (χ1n) is 9.97. The maximum Gasteiger partial charge on any atom is 0.228 e. The van der Waals surface area contributed by atoms with E-state index in [1.54, 1.807) is 4.90 Å². The van der Waals surface area contributed by atoms with E-state index in [-0.39, 0.29) is 29.9 Å². The maximum absolute atomic E-state index is 13.1. The number of carbonyl (C=O) groups is 1. The van der Waals surface area contributed by atoms with E-state index in [9.17, 15) is 13.2 Å². The lowest BCUT2D eigenvalue weighted by Crippen LogP contribution is -2.42. The summed E-state index contributed by atoms with van der Waals surface area (Å²) in [6.45, 7) is 2.69. The van der Waals surface area contributed by atoms with E-state index < -0.39 is 9.84 Å². The highest BCUT2D eigenvalue weighted by Crippen LogP contribution is 2.25. The van der Waals surface area contributed by atoms with Crippen LogP contribution in [0.2, 0.25) is 0 Å². The van der Waals surface area contributed by atoms with Crippen LogP contribution < -0.4 is 0 Å². The first-order chi connectivity index (χ1) is 14.0. The van der Waals surface area contributed by atoms with Crippen molar-refractivity contribution in [2.75, 3.05) is 18.1 Å². The van der Waals surface area contributed by atoms with Crippen molar-refractivity contribution in [3.8, 4) is 11.3 Å². The summed E-state index contributed by atoms with van der Waals surface area (Å²) in [7, 11) is -3.03. The summed E-state index contributed by atoms with van der Waals surface area (Å²) in [5, 5.41) is 1.97. The molecule has 1 aliphatic rings. The predicted molar refractivity (Wildman–Crippen MR) is 116 cm³/mol. The third-order valence-corrected chi connectivity index (χ3v) is 8.05. The molecule has 0 bridgehead atoms. The number of carbonyl (C=O) groups excluding carboxylic acids is 1. The van der Waals surface area contributed by atoms with E-state index in [1.165, 1.54) is 11.3 Å². The third-order valence-electron chi connectivity index (χ3n) is 5.41. The zero-order chi connectivity index (χ0) is 20.4. The summed E-state index contributed by atoms with van der Waals surface area (Å²) in [5.41, 5.74) is 2.82. The van der Waals surface area contributed by atoms with Crippen LogP contribution in [0.3, 0.4) is 0 Å². The van der Waals surface area contributed by atoms with Gasteiger partial charge in [-0.25, -0.2) is 13.4 Å². The molecular weight excluding hydrogens is 406 g/mol. The van der Waals surface area contributed by atoms with E-state index in [0.717, 1.165) is 34.8 Å². The van der Waals surface area contributed by atoms with Crippen molar-refractivity contribution in [2.45, 2.75) is 38.6 Å². The molecular formula is C21H25N3O3S2. The maximum atomic E-state index is 13.1. The van der Waals surface area contributed by atoms with E-state index in [0.29, 0.717) is 13.0 Å². The SMILES string of the molecule is CCCCN(C(=O)Cc1csc2nc(-c3ccccc3)cn12)C1CCS(=O)(=O)C1. The normalized spacial score (nSPS) is 18.3. The Morgan fingerprint density at radius 2 is 2.10 bits per heavy atom. The summed E-state index contributed by atoms with van der Waals surface area (Å²) in [6, 6.07) is 9.77. The molecule has 0 radical (unpaired) electrons. The van der Waals surface area contributed by atoms with E-state index in [1.807, 2.05) is 46.3 Å². The van der Waals surface area contributed by atoms with Crippen LogP contribution in [0.4, 0.5) is 0 Å². The molecule has 29 heavy (non-hydrogen) atoms. The number of thiazole rings is 1. The van der Waals surface area contributed by atoms with Crippen LogP contribution in [-0.4, -0.2) is 52.7 Å². The fraction of sp³-hybridized carbons (Fsp3) is 0.429. The highest BCUT2D eigenvalue weighted by atomic mass is 32.2. The molecule has 1 amide bonds. The minimum Gasteiger partial charge on any atom is -0.338 e. The first-order valence-corrected chi connectivity index (χ1v) is 12.7. The number of hydrogen-bond donors (Lipinski definition) is 0. The molecule has 2 aromatic heterocycles. The Hall–Kier alpha value is -2.19. The van der Waals surface area contributed by atoms with Gasteiger partial charge < -0.3 is 4.90 Å². The molecule has 1 unspecified atom stereocenters. The highest BCUT2D eigenvalue weighted by molar-refractivity contribution is 7.91. The quantitative estimate of drug-likeness (QED) is 0.575. The van der Waals surface area contributed by atoms with E-state index in [4.69, 9.17) is 0 Å². The number of hydrogen-bond acceptors (Lipinski definition) is 5. The Balaban J connectivity index is 1.55. The van der Waals surface area contributed by atoms with Crippen LogP contribution in [0, 0.1) is 0 Å². The lowest BCUT2D eigenvalue weighted by atomic mass is 10.1. The van der Waals surface area contributed by atoms with Gasteiger partial charge in [-0.2, -0.15) is 0 Å². The third kappa shape index (κ3) is 4.38. The van der Waals surface area contributed by atoms with Gasteiger partial charge >= 0.3 is 0 Å². The van der Waals surface area contributed by atoms with Crippen molar-refractivity contribution in [1.29, 1.82) is 0 Å². The molecule has 1 aliphatic heterocycles. The van der Waals surface area contributed by atoms with Gasteiger partial charge in [0.1, 0.15) is 0 Å². The first kappa shape index (κ1) is 20.1. The molecule has 8 heteroatoms. The minimum atomic E-state index is -3.03. The highest BCUT2D eigenvalue weighted by Gasteiger charge is 2.34. The van der Waals surface area contributed by atoms with Crippen molar-refractivity contribution >= 4 is 32.0 Å². The van der Waals surface area contributed by atoms with Crippen molar-refractivity contribution < 1.29 is 13.2 Å². The van der Waals surface area contributed by atoms with E-state index >= 15 is 0 Å². The standard InChI is InChI=1S/C21H25N3O3S2/c1-2-3-10-23(17-9-11-29(26,27)15-17)20(25)12-18-14-28-21-22-19(13-24(18)21)16-7-5-4-6-8-16/h4-8,13-14,17H,2-3,9-12,15H2,1H3. The predicted octanol–water partition coefficient (Wildman–Crippen LogP) is 3.42. The summed E-state index contributed by atoms with van der Waals surface area (Å²) < 4.78 is 25.8. The number of benzene rings is 1. The topological polar surface area (TPSA) is 71.8 Å². The summed E-state index contributed by atoms with van der Waals surface area (Å²) in [4.78, 5) is 20.5. The molecule has 154 valence electrons. The molecule has 0 N–H and O–H groups in total. The Labute approximate surface area is 175 Å². The number of rotatable bonds is 7. The molecule has 3 aromatic rings. The molecule has 6 nitrogen and oxygen atoms in total. The molecule has 1 aromatic carbocycles. The summed E-state index contributed by atoms with van der Waals surface area (Å²) >= 11 is 1.52. The summed E-state index contributed by atoms with van der Waals surface area (Å²) in [5.74, 6) is 0.262. The Morgan fingerprint density at radius 1 is 1.31 bits per heavy atom. The van der Waals surface area contributed by atoms with Crippen LogP contribution >= 0.6 is 11.3 Å². The zero-order valence-corrected chi connectivity index (χ0v) is 18.1. The van der Waals surface area contributed by atoms with Gasteiger partial charge in [0.15, 0.2) is 14.8 Å². The fourth-order valence-electron chi connectivity index (χ4n) is 3.82. The van der Waals surface area contributed by atoms with Gasteiger partial charge in [-0.1, -0.05) is 43.7 Å². The van der Waals surface area contributed by atoms with E-state index in [2.05, 4.69) is 11.9 Å². The average molecular weight is 432 g/mol. The molecule has 0 spiro atoms. The van der Waals surface area contributed by atoms with Crippen LogP contribution in [0.1, 0.15) is 31.9 Å². The zero-order valence-electron chi connectivity index (χ0n) is 16.5. The van der Waals surface area contributed by atoms with Crippen LogP contribution in [0.5, 0.6) is 0 Å². The number of unbranched alkanes of at least 4 members (excludes halogenated alkanes) is 1. The lowest BCUT2D eigenvalue weighted by Gasteiger charge is -2.28. The number of aromatic nitrogens is 2. The smallest absolute Gasteiger partial charge is 0.228 e. The Kier molecular flexibility index (Phi) is 5.74. The molecule has 1 fully saturated rings. The van der Waals surface area contributed by atoms with Crippen LogP contribution in [0.25, 0.3) is 16.2 Å². The molecule has 0 saturated carbocycles. The molecule has 3 heterocycles. The van der Waals surface area contributed by atoms with Gasteiger partial charge in [0.25, 0.3) is 0 Å². The average Bonchev–Trinajstić information content (AvgIpc) is 3.38. The number of fused-ring (bicyclic) bond motifs is 1. The second-order valence-electron chi connectivity index (χ2n) is 7.55. The monoisotopic (exact) mass is 431 g/mol. The molecule has 1 atom stereocenters. The number of nitrogens with zero attached hydrogens (tertiary/aromatic N) is 3. The van der Waals surface area contributed by atoms with Gasteiger partial charge in [-0.3, -0.25) is 9.20 Å². The Bertz CT molecular complexity index is 1100. The van der Waals surface area contributed by atoms with Gasteiger partial charge in [-0.05, 0) is 12.8 Å². The minimum absolute atomic E-state index is 0.00443. The second-order valence-corrected chi connectivity index (χ2v) is 10.6. The fourth-order valence-corrected chi connectivity index (χ4v) is 6.43. The van der Waals surface area contributed by atoms with Gasteiger partial charge in [0.2, 0.25) is 5.91 Å².